The largest absolute Gasteiger partial charge is 0.380 e. The van der Waals surface area contributed by atoms with Gasteiger partial charge in [-0.05, 0) is 47.0 Å². The Morgan fingerprint density at radius 1 is 1.45 bits per heavy atom. The molecule has 1 aliphatic rings. The minimum absolute atomic E-state index is 0.190. The quantitative estimate of drug-likeness (QED) is 0.862. The number of nitrogens with zero attached hydrogens (tertiary/aromatic N) is 2. The number of hydrogen-bond donors (Lipinski definition) is 1. The Morgan fingerprint density at radius 2 is 2.10 bits per heavy atom. The highest BCUT2D eigenvalue weighted by Crippen LogP contribution is 2.31. The molecule has 1 aliphatic carbocycles. The molecule has 1 N–H and O–H groups in total. The van der Waals surface area contributed by atoms with Crippen LogP contribution in [0.15, 0.2) is 15.5 Å². The molecule has 0 spiro atoms. The number of hydrogen-bond acceptors (Lipinski definition) is 3. The fourth-order valence-corrected chi connectivity index (χ4v) is 3.47. The predicted molar refractivity (Wildman–Crippen MR) is 84.6 cm³/mol. The van der Waals surface area contributed by atoms with E-state index in [0.29, 0.717) is 22.4 Å². The van der Waals surface area contributed by atoms with Crippen LogP contribution in [0.4, 0.5) is 5.69 Å². The summed E-state index contributed by atoms with van der Waals surface area (Å²) >= 11 is 3.35. The van der Waals surface area contributed by atoms with Crippen molar-refractivity contribution in [2.45, 2.75) is 45.7 Å². The second kappa shape index (κ2) is 6.45. The van der Waals surface area contributed by atoms with Crippen LogP contribution in [-0.2, 0) is 6.54 Å². The molecule has 0 amide bonds. The molecule has 4 nitrogen and oxygen atoms in total. The fourth-order valence-electron chi connectivity index (χ4n) is 3.05. The van der Waals surface area contributed by atoms with Crippen LogP contribution in [0.5, 0.6) is 0 Å². The van der Waals surface area contributed by atoms with Gasteiger partial charge in [0, 0.05) is 6.04 Å². The Hall–Kier alpha value is -1.28. The zero-order chi connectivity index (χ0) is 14.7. The molecule has 5 heteroatoms. The lowest BCUT2D eigenvalue weighted by molar-refractivity contribution is 0.280. The lowest BCUT2D eigenvalue weighted by Gasteiger charge is -2.32. The molecule has 0 aliphatic heterocycles. The van der Waals surface area contributed by atoms with Crippen molar-refractivity contribution in [3.05, 3.63) is 21.0 Å². The van der Waals surface area contributed by atoms with Crippen LogP contribution in [0.1, 0.15) is 33.1 Å². The molecule has 0 radical (unpaired) electrons. The summed E-state index contributed by atoms with van der Waals surface area (Å²) in [6.45, 7) is 4.75. The molecule has 20 heavy (non-hydrogen) atoms. The van der Waals surface area contributed by atoms with Gasteiger partial charge in [0.1, 0.15) is 11.0 Å². The van der Waals surface area contributed by atoms with Crippen molar-refractivity contribution in [1.29, 1.82) is 0 Å². The molecule has 2 unspecified atom stereocenters. The SMILES string of the molecule is C#CCn1ncc(NC2CC(C)CC(C)C2)c(Br)c1=O. The van der Waals surface area contributed by atoms with Gasteiger partial charge < -0.3 is 5.32 Å². The van der Waals surface area contributed by atoms with Gasteiger partial charge in [-0.3, -0.25) is 4.79 Å². The Morgan fingerprint density at radius 3 is 2.70 bits per heavy atom. The maximum absolute atomic E-state index is 12.1. The highest BCUT2D eigenvalue weighted by molar-refractivity contribution is 9.10. The fraction of sp³-hybridized carbons (Fsp3) is 0.600. The number of aromatic nitrogens is 2. The molecule has 0 saturated heterocycles. The maximum atomic E-state index is 12.1. The van der Waals surface area contributed by atoms with Gasteiger partial charge in [-0.1, -0.05) is 19.8 Å². The summed E-state index contributed by atoms with van der Waals surface area (Å²) in [5.41, 5.74) is 0.569. The first kappa shape index (κ1) is 15.1. The van der Waals surface area contributed by atoms with Crippen LogP contribution in [0.2, 0.25) is 0 Å². The van der Waals surface area contributed by atoms with E-state index in [0.717, 1.165) is 18.5 Å². The second-order valence-corrected chi connectivity index (χ2v) is 6.59. The summed E-state index contributed by atoms with van der Waals surface area (Å²) in [6.07, 6.45) is 10.4. The first-order chi connectivity index (χ1) is 9.51. The number of halogens is 1. The summed E-state index contributed by atoms with van der Waals surface area (Å²) in [6, 6.07) is 0.398. The first-order valence-electron chi connectivity index (χ1n) is 6.96. The van der Waals surface area contributed by atoms with Crippen LogP contribution >= 0.6 is 15.9 Å². The van der Waals surface area contributed by atoms with Gasteiger partial charge in [-0.15, -0.1) is 6.42 Å². The van der Waals surface area contributed by atoms with Crippen LogP contribution in [0, 0.1) is 24.2 Å². The molecule has 1 heterocycles. The Bertz CT molecular complexity index is 565. The molecular weight excluding hydrogens is 318 g/mol. The van der Waals surface area contributed by atoms with Crippen molar-refractivity contribution in [2.75, 3.05) is 5.32 Å². The van der Waals surface area contributed by atoms with Gasteiger partial charge >= 0.3 is 0 Å². The van der Waals surface area contributed by atoms with E-state index in [-0.39, 0.29) is 12.1 Å². The number of terminal acetylenes is 1. The highest BCUT2D eigenvalue weighted by atomic mass is 79.9. The van der Waals surface area contributed by atoms with E-state index in [1.165, 1.54) is 11.1 Å². The predicted octanol–water partition coefficient (Wildman–Crippen LogP) is 2.88. The summed E-state index contributed by atoms with van der Waals surface area (Å²) in [7, 11) is 0. The van der Waals surface area contributed by atoms with Crippen molar-refractivity contribution in [3.63, 3.8) is 0 Å². The standard InChI is InChI=1S/C15H20BrN3O/c1-4-5-19-15(20)14(16)13(9-17-19)18-12-7-10(2)6-11(3)8-12/h1,9-12,18H,5-8H2,2-3H3. The molecule has 108 valence electrons. The molecule has 1 aromatic rings. The Balaban J connectivity index is 2.16. The molecular formula is C15H20BrN3O. The third-order valence-corrected chi connectivity index (χ3v) is 4.53. The first-order valence-corrected chi connectivity index (χ1v) is 7.76. The van der Waals surface area contributed by atoms with Gasteiger partial charge in [0.15, 0.2) is 0 Å². The van der Waals surface area contributed by atoms with Crippen molar-refractivity contribution in [3.8, 4) is 12.3 Å². The second-order valence-electron chi connectivity index (χ2n) is 5.80. The van der Waals surface area contributed by atoms with Crippen molar-refractivity contribution < 1.29 is 0 Å². The Labute approximate surface area is 128 Å². The minimum Gasteiger partial charge on any atom is -0.380 e. The number of anilines is 1. The van der Waals surface area contributed by atoms with Crippen molar-refractivity contribution >= 4 is 21.6 Å². The summed E-state index contributed by atoms with van der Waals surface area (Å²) in [4.78, 5) is 12.1. The topological polar surface area (TPSA) is 46.9 Å². The monoisotopic (exact) mass is 337 g/mol. The van der Waals surface area contributed by atoms with Gasteiger partial charge in [0.05, 0.1) is 11.9 Å². The highest BCUT2D eigenvalue weighted by Gasteiger charge is 2.24. The third-order valence-electron chi connectivity index (χ3n) is 3.76. The normalized spacial score (nSPS) is 26.0. The van der Waals surface area contributed by atoms with E-state index in [1.807, 2.05) is 0 Å². The average Bonchev–Trinajstić information content (AvgIpc) is 2.37. The zero-order valence-corrected chi connectivity index (χ0v) is 13.5. The van der Waals surface area contributed by atoms with E-state index in [1.54, 1.807) is 6.20 Å². The molecule has 0 bridgehead atoms. The lowest BCUT2D eigenvalue weighted by atomic mass is 9.80. The van der Waals surface area contributed by atoms with E-state index in [2.05, 4.69) is 46.1 Å². The van der Waals surface area contributed by atoms with Gasteiger partial charge in [-0.2, -0.15) is 5.10 Å². The molecule has 2 rings (SSSR count). The van der Waals surface area contributed by atoms with Crippen LogP contribution in [0.25, 0.3) is 0 Å². The van der Waals surface area contributed by atoms with E-state index in [4.69, 9.17) is 6.42 Å². The molecule has 1 aromatic heterocycles. The average molecular weight is 338 g/mol. The van der Waals surface area contributed by atoms with Gasteiger partial charge in [0.2, 0.25) is 0 Å². The summed E-state index contributed by atoms with van der Waals surface area (Å²) in [5, 5.41) is 7.55. The van der Waals surface area contributed by atoms with Crippen LogP contribution in [0.3, 0.4) is 0 Å². The van der Waals surface area contributed by atoms with Crippen LogP contribution in [-0.4, -0.2) is 15.8 Å². The van der Waals surface area contributed by atoms with E-state index < -0.39 is 0 Å². The van der Waals surface area contributed by atoms with E-state index in [9.17, 15) is 4.79 Å². The smallest absolute Gasteiger partial charge is 0.284 e. The van der Waals surface area contributed by atoms with E-state index >= 15 is 0 Å². The molecule has 1 fully saturated rings. The molecule has 0 aromatic carbocycles. The van der Waals surface area contributed by atoms with Crippen molar-refractivity contribution in [1.82, 2.24) is 9.78 Å². The molecule has 2 atom stereocenters. The van der Waals surface area contributed by atoms with Crippen LogP contribution < -0.4 is 10.9 Å². The summed E-state index contributed by atoms with van der Waals surface area (Å²) in [5.74, 6) is 3.85. The number of rotatable bonds is 3. The van der Waals surface area contributed by atoms with Gasteiger partial charge in [0.25, 0.3) is 5.56 Å². The van der Waals surface area contributed by atoms with Crippen molar-refractivity contribution in [2.24, 2.45) is 11.8 Å². The minimum atomic E-state index is -0.190. The lowest BCUT2D eigenvalue weighted by Crippen LogP contribution is -2.32. The maximum Gasteiger partial charge on any atom is 0.284 e. The Kier molecular flexibility index (Phi) is 4.87. The zero-order valence-electron chi connectivity index (χ0n) is 11.9. The summed E-state index contributed by atoms with van der Waals surface area (Å²) < 4.78 is 1.79. The third kappa shape index (κ3) is 3.43. The molecule has 1 saturated carbocycles. The number of nitrogens with one attached hydrogen (secondary N) is 1. The van der Waals surface area contributed by atoms with Gasteiger partial charge in [-0.25, -0.2) is 4.68 Å².